The average molecular weight is 322 g/mol. The highest BCUT2D eigenvalue weighted by atomic mass is 15.2. The molecule has 24 heavy (non-hydrogen) atoms. The van der Waals surface area contributed by atoms with Gasteiger partial charge in [-0.3, -0.25) is 4.98 Å². The summed E-state index contributed by atoms with van der Waals surface area (Å²) < 4.78 is 0. The number of pyridine rings is 1. The Hall–Kier alpha value is -2.36. The molecule has 2 aromatic rings. The van der Waals surface area contributed by atoms with E-state index in [1.54, 1.807) is 0 Å². The standard InChI is InChI=1S/C20H26N4/c1-2-21-20(24-18-10-3-4-11-18)23-15-16-8-7-9-17(14-16)19-12-5-6-13-22-19/h5-9,12-14,18H,2-4,10-11,15H2,1H3,(H2,21,23,24). The number of rotatable bonds is 5. The number of nitrogens with zero attached hydrogens (tertiary/aromatic N) is 2. The van der Waals surface area contributed by atoms with Crippen LogP contribution in [0.15, 0.2) is 53.7 Å². The Morgan fingerprint density at radius 2 is 2.04 bits per heavy atom. The second-order valence-corrected chi connectivity index (χ2v) is 6.24. The van der Waals surface area contributed by atoms with Gasteiger partial charge >= 0.3 is 0 Å². The van der Waals surface area contributed by atoms with Gasteiger partial charge in [-0.25, -0.2) is 4.99 Å². The van der Waals surface area contributed by atoms with Crippen LogP contribution in [0.25, 0.3) is 11.3 Å². The maximum absolute atomic E-state index is 4.76. The van der Waals surface area contributed by atoms with Gasteiger partial charge in [0.05, 0.1) is 12.2 Å². The smallest absolute Gasteiger partial charge is 0.191 e. The summed E-state index contributed by atoms with van der Waals surface area (Å²) >= 11 is 0. The van der Waals surface area contributed by atoms with Crippen LogP contribution in [0.2, 0.25) is 0 Å². The van der Waals surface area contributed by atoms with Crippen LogP contribution in [0.5, 0.6) is 0 Å². The summed E-state index contributed by atoms with van der Waals surface area (Å²) in [5.74, 6) is 0.924. The second-order valence-electron chi connectivity index (χ2n) is 6.24. The lowest BCUT2D eigenvalue weighted by Gasteiger charge is -2.16. The largest absolute Gasteiger partial charge is 0.357 e. The van der Waals surface area contributed by atoms with E-state index >= 15 is 0 Å². The summed E-state index contributed by atoms with van der Waals surface area (Å²) in [6.45, 7) is 3.66. The highest BCUT2D eigenvalue weighted by Gasteiger charge is 2.15. The normalized spacial score (nSPS) is 15.5. The fourth-order valence-corrected chi connectivity index (χ4v) is 3.12. The average Bonchev–Trinajstić information content (AvgIpc) is 3.14. The maximum Gasteiger partial charge on any atom is 0.191 e. The summed E-state index contributed by atoms with van der Waals surface area (Å²) in [7, 11) is 0. The van der Waals surface area contributed by atoms with E-state index < -0.39 is 0 Å². The van der Waals surface area contributed by atoms with E-state index in [0.29, 0.717) is 12.6 Å². The van der Waals surface area contributed by atoms with Gasteiger partial charge in [0.15, 0.2) is 5.96 Å². The van der Waals surface area contributed by atoms with Gasteiger partial charge < -0.3 is 10.6 Å². The van der Waals surface area contributed by atoms with Crippen LogP contribution < -0.4 is 10.6 Å². The quantitative estimate of drug-likeness (QED) is 0.651. The van der Waals surface area contributed by atoms with Crippen LogP contribution in [0, 0.1) is 0 Å². The van der Waals surface area contributed by atoms with E-state index in [1.165, 1.54) is 31.2 Å². The Labute approximate surface area is 144 Å². The van der Waals surface area contributed by atoms with E-state index in [-0.39, 0.29) is 0 Å². The lowest BCUT2D eigenvalue weighted by molar-refractivity contribution is 0.614. The van der Waals surface area contributed by atoms with Crippen molar-refractivity contribution in [3.63, 3.8) is 0 Å². The first-order chi connectivity index (χ1) is 11.8. The minimum Gasteiger partial charge on any atom is -0.357 e. The molecular formula is C20H26N4. The number of aromatic nitrogens is 1. The molecule has 4 nitrogen and oxygen atoms in total. The van der Waals surface area contributed by atoms with Gasteiger partial charge in [-0.15, -0.1) is 0 Å². The molecule has 0 amide bonds. The molecule has 0 atom stereocenters. The second kappa shape index (κ2) is 8.48. The third-order valence-electron chi connectivity index (χ3n) is 4.35. The van der Waals surface area contributed by atoms with Crippen LogP contribution in [-0.2, 0) is 6.54 Å². The van der Waals surface area contributed by atoms with Crippen LogP contribution in [0.3, 0.4) is 0 Å². The predicted octanol–water partition coefficient (Wildman–Crippen LogP) is 3.75. The van der Waals surface area contributed by atoms with Crippen molar-refractivity contribution in [2.75, 3.05) is 6.54 Å². The molecule has 2 N–H and O–H groups in total. The molecule has 1 heterocycles. The lowest BCUT2D eigenvalue weighted by atomic mass is 10.1. The zero-order valence-corrected chi connectivity index (χ0v) is 14.3. The monoisotopic (exact) mass is 322 g/mol. The molecule has 0 bridgehead atoms. The van der Waals surface area contributed by atoms with Crippen molar-refractivity contribution >= 4 is 5.96 Å². The predicted molar refractivity (Wildman–Crippen MR) is 99.9 cm³/mol. The van der Waals surface area contributed by atoms with Crippen molar-refractivity contribution in [3.8, 4) is 11.3 Å². The van der Waals surface area contributed by atoms with E-state index in [9.17, 15) is 0 Å². The fourth-order valence-electron chi connectivity index (χ4n) is 3.12. The van der Waals surface area contributed by atoms with Crippen molar-refractivity contribution in [2.24, 2.45) is 4.99 Å². The minimum absolute atomic E-state index is 0.572. The Morgan fingerprint density at radius 1 is 1.17 bits per heavy atom. The molecule has 0 unspecified atom stereocenters. The first kappa shape index (κ1) is 16.5. The molecule has 126 valence electrons. The Kier molecular flexibility index (Phi) is 5.83. The number of hydrogen-bond donors (Lipinski definition) is 2. The molecule has 1 aromatic carbocycles. The molecule has 1 fully saturated rings. The number of benzene rings is 1. The Morgan fingerprint density at radius 3 is 2.79 bits per heavy atom. The summed E-state index contributed by atoms with van der Waals surface area (Å²) in [5, 5.41) is 6.91. The van der Waals surface area contributed by atoms with Crippen molar-refractivity contribution in [2.45, 2.75) is 45.2 Å². The third kappa shape index (κ3) is 4.57. The zero-order valence-electron chi connectivity index (χ0n) is 14.3. The van der Waals surface area contributed by atoms with Gasteiger partial charge in [0, 0.05) is 24.3 Å². The van der Waals surface area contributed by atoms with E-state index in [0.717, 1.165) is 23.8 Å². The molecule has 0 spiro atoms. The number of hydrogen-bond acceptors (Lipinski definition) is 2. The van der Waals surface area contributed by atoms with Gasteiger partial charge in [0.2, 0.25) is 0 Å². The molecule has 3 rings (SSSR count). The summed E-state index contributed by atoms with van der Waals surface area (Å²) in [6.07, 6.45) is 6.97. The highest BCUT2D eigenvalue weighted by molar-refractivity contribution is 5.80. The van der Waals surface area contributed by atoms with Gasteiger partial charge in [-0.2, -0.15) is 0 Å². The third-order valence-corrected chi connectivity index (χ3v) is 4.35. The van der Waals surface area contributed by atoms with Crippen molar-refractivity contribution in [1.29, 1.82) is 0 Å². The molecular weight excluding hydrogens is 296 g/mol. The number of nitrogens with one attached hydrogen (secondary N) is 2. The molecule has 4 heteroatoms. The van der Waals surface area contributed by atoms with Crippen LogP contribution >= 0.6 is 0 Å². The molecule has 1 aromatic heterocycles. The lowest BCUT2D eigenvalue weighted by Crippen LogP contribution is -2.42. The molecule has 1 saturated carbocycles. The molecule has 1 aliphatic rings. The first-order valence-corrected chi connectivity index (χ1v) is 8.90. The first-order valence-electron chi connectivity index (χ1n) is 8.90. The van der Waals surface area contributed by atoms with Crippen molar-refractivity contribution in [1.82, 2.24) is 15.6 Å². The van der Waals surface area contributed by atoms with Crippen LogP contribution in [0.4, 0.5) is 0 Å². The van der Waals surface area contributed by atoms with Crippen molar-refractivity contribution in [3.05, 3.63) is 54.2 Å². The SMILES string of the molecule is CCNC(=NCc1cccc(-c2ccccn2)c1)NC1CCCC1. The molecule has 1 aliphatic carbocycles. The van der Waals surface area contributed by atoms with Gasteiger partial charge in [-0.05, 0) is 43.5 Å². The molecule has 0 radical (unpaired) electrons. The van der Waals surface area contributed by atoms with E-state index in [4.69, 9.17) is 4.99 Å². The van der Waals surface area contributed by atoms with Crippen LogP contribution in [0.1, 0.15) is 38.2 Å². The summed E-state index contributed by atoms with van der Waals surface area (Å²) in [5.41, 5.74) is 3.33. The van der Waals surface area contributed by atoms with Crippen LogP contribution in [-0.4, -0.2) is 23.5 Å². The Balaban J connectivity index is 1.69. The molecule has 0 aliphatic heterocycles. The highest BCUT2D eigenvalue weighted by Crippen LogP contribution is 2.19. The zero-order chi connectivity index (χ0) is 16.6. The molecule has 0 saturated heterocycles. The van der Waals surface area contributed by atoms with Gasteiger partial charge in [0.1, 0.15) is 0 Å². The van der Waals surface area contributed by atoms with E-state index in [2.05, 4.69) is 46.8 Å². The number of aliphatic imine (C=N–C) groups is 1. The Bertz CT molecular complexity index is 660. The summed E-state index contributed by atoms with van der Waals surface area (Å²) in [6, 6.07) is 15.0. The fraction of sp³-hybridized carbons (Fsp3) is 0.400. The van der Waals surface area contributed by atoms with Gasteiger partial charge in [0.25, 0.3) is 0 Å². The van der Waals surface area contributed by atoms with Crippen molar-refractivity contribution < 1.29 is 0 Å². The maximum atomic E-state index is 4.76. The summed E-state index contributed by atoms with van der Waals surface area (Å²) in [4.78, 5) is 9.18. The van der Waals surface area contributed by atoms with E-state index in [1.807, 2.05) is 24.4 Å². The topological polar surface area (TPSA) is 49.3 Å². The van der Waals surface area contributed by atoms with Gasteiger partial charge in [-0.1, -0.05) is 37.1 Å². The minimum atomic E-state index is 0.572. The number of guanidine groups is 1.